The van der Waals surface area contributed by atoms with Crippen molar-refractivity contribution in [3.8, 4) is 0 Å². The van der Waals surface area contributed by atoms with Crippen LogP contribution in [0.4, 0.5) is 0 Å². The minimum Gasteiger partial charge on any atom is -0.377 e. The van der Waals surface area contributed by atoms with Crippen LogP contribution in [0.5, 0.6) is 0 Å². The number of hydrogen-bond acceptors (Lipinski definition) is 4. The molecule has 2 heterocycles. The maximum atomic E-state index is 11.9. The van der Waals surface area contributed by atoms with Crippen molar-refractivity contribution in [3.05, 3.63) is 0 Å². The van der Waals surface area contributed by atoms with Gasteiger partial charge in [-0.2, -0.15) is 4.40 Å². The molecule has 0 saturated carbocycles. The Kier molecular flexibility index (Phi) is 7.96. The Morgan fingerprint density at radius 1 is 1.00 bits per heavy atom. The average molecular weight is 395 g/mol. The minimum atomic E-state index is -1.11. The number of nitrogens with one attached hydrogen (secondary N) is 1. The average Bonchev–Trinajstić information content (AvgIpc) is 2.35. The van der Waals surface area contributed by atoms with E-state index in [1.165, 1.54) is 0 Å². The standard InChI is InChI=1S/C10H21NO2S.C7H13NO2S/c1-8(2)10(6-13-7-10)11-14(12)9(3,4)5;1-7(2,3)11(9)8-6-4-10-5-6/h8,11H,6-7H2,1-5H3;4-5H2,1-3H3. The topological polar surface area (TPSA) is 77.0 Å². The van der Waals surface area contributed by atoms with E-state index in [-0.39, 0.29) is 15.0 Å². The molecule has 2 unspecified atom stereocenters. The predicted octanol–water partition coefficient (Wildman–Crippen LogP) is 2.38. The number of ether oxygens (including phenoxy) is 2. The highest BCUT2D eigenvalue weighted by atomic mass is 32.2. The van der Waals surface area contributed by atoms with Gasteiger partial charge in [0, 0.05) is 0 Å². The highest BCUT2D eigenvalue weighted by Gasteiger charge is 2.44. The predicted molar refractivity (Wildman–Crippen MR) is 106 cm³/mol. The van der Waals surface area contributed by atoms with E-state index in [1.807, 2.05) is 41.5 Å². The normalized spacial score (nSPS) is 22.2. The molecule has 0 amide bonds. The molecule has 148 valence electrons. The molecule has 25 heavy (non-hydrogen) atoms. The summed E-state index contributed by atoms with van der Waals surface area (Å²) in [5, 5.41) is 0. The Bertz CT molecular complexity index is 524. The van der Waals surface area contributed by atoms with E-state index < -0.39 is 22.0 Å². The summed E-state index contributed by atoms with van der Waals surface area (Å²) in [5.74, 6) is 0.447. The summed E-state index contributed by atoms with van der Waals surface area (Å²) >= 11 is 0. The molecule has 0 radical (unpaired) electrons. The lowest BCUT2D eigenvalue weighted by Gasteiger charge is -2.46. The first kappa shape index (κ1) is 22.9. The highest BCUT2D eigenvalue weighted by Crippen LogP contribution is 2.28. The molecular weight excluding hydrogens is 360 g/mol. The fourth-order valence-electron chi connectivity index (χ4n) is 1.67. The van der Waals surface area contributed by atoms with Crippen LogP contribution in [0.15, 0.2) is 4.40 Å². The second-order valence-corrected chi connectivity index (χ2v) is 12.7. The van der Waals surface area contributed by atoms with Gasteiger partial charge in [0.1, 0.15) is 11.0 Å². The van der Waals surface area contributed by atoms with Crippen LogP contribution < -0.4 is 4.72 Å². The van der Waals surface area contributed by atoms with E-state index in [4.69, 9.17) is 9.47 Å². The van der Waals surface area contributed by atoms with Crippen molar-refractivity contribution >= 4 is 27.7 Å². The minimum absolute atomic E-state index is 0.0713. The highest BCUT2D eigenvalue weighted by molar-refractivity contribution is 7.85. The first-order valence-electron chi connectivity index (χ1n) is 8.61. The van der Waals surface area contributed by atoms with Crippen LogP contribution in [0.25, 0.3) is 0 Å². The summed E-state index contributed by atoms with van der Waals surface area (Å²) in [6.07, 6.45) is 0. The van der Waals surface area contributed by atoms with Crippen LogP contribution in [-0.2, 0) is 31.4 Å². The van der Waals surface area contributed by atoms with E-state index in [0.717, 1.165) is 5.71 Å². The van der Waals surface area contributed by atoms with Crippen LogP contribution in [0.2, 0.25) is 0 Å². The number of rotatable bonds is 4. The van der Waals surface area contributed by atoms with Crippen molar-refractivity contribution in [2.24, 2.45) is 10.3 Å². The zero-order chi connectivity index (χ0) is 19.5. The summed E-state index contributed by atoms with van der Waals surface area (Å²) in [7, 11) is -2.11. The Balaban J connectivity index is 0.000000257. The van der Waals surface area contributed by atoms with Gasteiger partial charge in [-0.05, 0) is 47.5 Å². The molecule has 0 bridgehead atoms. The van der Waals surface area contributed by atoms with Gasteiger partial charge in [-0.1, -0.05) is 13.8 Å². The third-order valence-electron chi connectivity index (χ3n) is 3.95. The van der Waals surface area contributed by atoms with Gasteiger partial charge in [0.15, 0.2) is 0 Å². The van der Waals surface area contributed by atoms with Crippen molar-refractivity contribution in [2.45, 2.75) is 70.4 Å². The van der Waals surface area contributed by atoms with Crippen LogP contribution in [0.1, 0.15) is 55.4 Å². The van der Waals surface area contributed by atoms with E-state index >= 15 is 0 Å². The molecule has 2 atom stereocenters. The summed E-state index contributed by atoms with van der Waals surface area (Å²) in [6.45, 7) is 18.4. The number of hydrogen-bond donors (Lipinski definition) is 1. The molecule has 0 aliphatic carbocycles. The van der Waals surface area contributed by atoms with Crippen LogP contribution in [0.3, 0.4) is 0 Å². The smallest absolute Gasteiger partial charge is 0.144 e. The van der Waals surface area contributed by atoms with E-state index in [2.05, 4.69) is 23.0 Å². The van der Waals surface area contributed by atoms with Gasteiger partial charge < -0.3 is 9.47 Å². The molecule has 6 nitrogen and oxygen atoms in total. The van der Waals surface area contributed by atoms with Crippen molar-refractivity contribution in [3.63, 3.8) is 0 Å². The SMILES string of the molecule is CC(C)(C)S(=O)N=C1COC1.CC(C)C1(NS(=O)C(C)(C)C)COC1. The van der Waals surface area contributed by atoms with Gasteiger partial charge in [-0.15, -0.1) is 0 Å². The fourth-order valence-corrected chi connectivity index (χ4v) is 3.31. The molecule has 1 N–H and O–H groups in total. The molecule has 2 aliphatic heterocycles. The summed E-state index contributed by atoms with van der Waals surface area (Å²) in [4.78, 5) is 0. The van der Waals surface area contributed by atoms with E-state index in [1.54, 1.807) is 0 Å². The van der Waals surface area contributed by atoms with Gasteiger partial charge in [-0.3, -0.25) is 0 Å². The molecule has 0 aromatic carbocycles. The Labute approximate surface area is 157 Å². The largest absolute Gasteiger partial charge is 0.377 e. The van der Waals surface area contributed by atoms with Gasteiger partial charge in [-0.25, -0.2) is 13.1 Å². The van der Waals surface area contributed by atoms with Gasteiger partial charge in [0.2, 0.25) is 0 Å². The third-order valence-corrected chi connectivity index (χ3v) is 7.13. The Hall–Kier alpha value is -0.150. The van der Waals surface area contributed by atoms with Crippen molar-refractivity contribution < 1.29 is 17.9 Å². The second kappa shape index (κ2) is 8.69. The van der Waals surface area contributed by atoms with Crippen molar-refractivity contribution in [1.29, 1.82) is 0 Å². The Morgan fingerprint density at radius 2 is 1.52 bits per heavy atom. The van der Waals surface area contributed by atoms with E-state index in [9.17, 15) is 8.42 Å². The zero-order valence-electron chi connectivity index (χ0n) is 16.8. The summed E-state index contributed by atoms with van der Waals surface area (Å²) < 4.78 is 40.1. The maximum Gasteiger partial charge on any atom is 0.144 e. The first-order valence-corrected chi connectivity index (χ1v) is 10.9. The molecule has 2 saturated heterocycles. The van der Waals surface area contributed by atoms with Crippen LogP contribution in [0, 0.1) is 5.92 Å². The fraction of sp³-hybridized carbons (Fsp3) is 0.941. The second-order valence-electron chi connectivity index (χ2n) is 8.80. The molecule has 2 rings (SSSR count). The lowest BCUT2D eigenvalue weighted by atomic mass is 9.86. The quantitative estimate of drug-likeness (QED) is 0.794. The molecule has 0 aromatic rings. The summed E-state index contributed by atoms with van der Waals surface area (Å²) in [5.41, 5.74) is 0.844. The lowest BCUT2D eigenvalue weighted by Crippen LogP contribution is -2.65. The van der Waals surface area contributed by atoms with Crippen LogP contribution >= 0.6 is 0 Å². The Morgan fingerprint density at radius 3 is 1.76 bits per heavy atom. The van der Waals surface area contributed by atoms with E-state index in [0.29, 0.717) is 32.3 Å². The third kappa shape index (κ3) is 6.82. The van der Waals surface area contributed by atoms with Gasteiger partial charge in [0.05, 0.1) is 58.2 Å². The number of nitrogens with zero attached hydrogens (tertiary/aromatic N) is 1. The molecule has 0 spiro atoms. The first-order chi connectivity index (χ1) is 11.3. The molecular formula is C17H34N2O4S2. The summed E-state index contributed by atoms with van der Waals surface area (Å²) in [6, 6.07) is 0. The molecule has 2 aliphatic rings. The molecule has 8 heteroatoms. The van der Waals surface area contributed by atoms with Gasteiger partial charge >= 0.3 is 0 Å². The zero-order valence-corrected chi connectivity index (χ0v) is 18.4. The van der Waals surface area contributed by atoms with Crippen molar-refractivity contribution in [1.82, 2.24) is 4.72 Å². The van der Waals surface area contributed by atoms with Crippen molar-refractivity contribution in [2.75, 3.05) is 26.4 Å². The van der Waals surface area contributed by atoms with Crippen LogP contribution in [-0.4, -0.2) is 55.6 Å². The molecule has 2 fully saturated rings. The molecule has 0 aromatic heterocycles. The monoisotopic (exact) mass is 394 g/mol. The van der Waals surface area contributed by atoms with Gasteiger partial charge in [0.25, 0.3) is 0 Å². The lowest BCUT2D eigenvalue weighted by molar-refractivity contribution is -0.0849. The maximum absolute atomic E-state index is 11.9.